The fourth-order valence-corrected chi connectivity index (χ4v) is 2.82. The number of H-pyrrole nitrogens is 1. The maximum Gasteiger partial charge on any atom is 0.358 e. The van der Waals surface area contributed by atoms with Gasteiger partial charge in [0.15, 0.2) is 5.69 Å². The number of thiophene rings is 1. The van der Waals surface area contributed by atoms with E-state index in [1.807, 2.05) is 6.07 Å². The molecule has 108 valence electrons. The van der Waals surface area contributed by atoms with Gasteiger partial charge in [0.2, 0.25) is 0 Å². The summed E-state index contributed by atoms with van der Waals surface area (Å²) < 4.78 is 5.09. The molecule has 0 bridgehead atoms. The smallest absolute Gasteiger partial charge is 0.358 e. The van der Waals surface area contributed by atoms with Crippen LogP contribution in [0.3, 0.4) is 0 Å². The van der Waals surface area contributed by atoms with Crippen LogP contribution in [0.2, 0.25) is 0 Å². The lowest BCUT2D eigenvalue weighted by Gasteiger charge is -2.04. The first-order valence-electron chi connectivity index (χ1n) is 6.84. The van der Waals surface area contributed by atoms with Crippen LogP contribution in [0, 0.1) is 12.8 Å². The van der Waals surface area contributed by atoms with Crippen LogP contribution in [0.1, 0.15) is 41.8 Å². The third-order valence-corrected chi connectivity index (χ3v) is 3.84. The van der Waals surface area contributed by atoms with Crippen LogP contribution in [0.5, 0.6) is 0 Å². The van der Waals surface area contributed by atoms with Crippen LogP contribution in [-0.4, -0.2) is 22.5 Å². The molecule has 2 aromatic rings. The van der Waals surface area contributed by atoms with Crippen LogP contribution < -0.4 is 0 Å². The molecule has 1 N–H and O–H groups in total. The Kier molecular flexibility index (Phi) is 4.60. The maximum atomic E-state index is 12.0. The van der Waals surface area contributed by atoms with E-state index in [-0.39, 0.29) is 5.97 Å². The van der Waals surface area contributed by atoms with Crippen molar-refractivity contribution < 1.29 is 9.53 Å². The van der Waals surface area contributed by atoms with E-state index in [0.717, 1.165) is 22.8 Å². The normalized spacial score (nSPS) is 11.1. The summed E-state index contributed by atoms with van der Waals surface area (Å²) in [7, 11) is 0. The number of aromatic nitrogens is 2. The molecule has 0 aliphatic carbocycles. The number of aryl methyl sites for hydroxylation is 1. The number of ether oxygens (including phenoxy) is 1. The fraction of sp³-hybridized carbons (Fsp3) is 0.467. The minimum atomic E-state index is -0.348. The van der Waals surface area contributed by atoms with Crippen molar-refractivity contribution in [3.8, 4) is 10.7 Å². The molecule has 0 unspecified atom stereocenters. The molecular weight excluding hydrogens is 272 g/mol. The molecule has 0 spiro atoms. The van der Waals surface area contributed by atoms with Gasteiger partial charge in [-0.2, -0.15) is 0 Å². The second-order valence-corrected chi connectivity index (χ2v) is 6.43. The van der Waals surface area contributed by atoms with Gasteiger partial charge in [0.25, 0.3) is 0 Å². The summed E-state index contributed by atoms with van der Waals surface area (Å²) in [4.78, 5) is 22.0. The Morgan fingerprint density at radius 3 is 2.75 bits per heavy atom. The molecule has 2 aromatic heterocycles. The highest BCUT2D eigenvalue weighted by atomic mass is 32.1. The average Bonchev–Trinajstić information content (AvgIpc) is 2.95. The predicted octanol–water partition coefficient (Wildman–Crippen LogP) is 3.82. The first-order chi connectivity index (χ1) is 9.51. The molecule has 0 aliphatic heterocycles. The van der Waals surface area contributed by atoms with Crippen LogP contribution in [-0.2, 0) is 11.2 Å². The van der Waals surface area contributed by atoms with E-state index in [4.69, 9.17) is 4.74 Å². The number of carbonyl (C=O) groups excluding carboxylic acids is 1. The van der Waals surface area contributed by atoms with E-state index in [2.05, 4.69) is 36.8 Å². The lowest BCUT2D eigenvalue weighted by Crippen LogP contribution is -2.09. The monoisotopic (exact) mass is 292 g/mol. The Hall–Kier alpha value is -1.62. The van der Waals surface area contributed by atoms with Gasteiger partial charge in [-0.05, 0) is 38.3 Å². The minimum Gasteiger partial charge on any atom is -0.461 e. The third-order valence-electron chi connectivity index (χ3n) is 2.83. The summed E-state index contributed by atoms with van der Waals surface area (Å²) in [5, 5.41) is 0. The molecule has 0 saturated carbocycles. The molecule has 5 heteroatoms. The second-order valence-electron chi connectivity index (χ2n) is 5.14. The van der Waals surface area contributed by atoms with Gasteiger partial charge in [0.1, 0.15) is 5.82 Å². The van der Waals surface area contributed by atoms with Gasteiger partial charge < -0.3 is 9.72 Å². The molecule has 0 aromatic carbocycles. The van der Waals surface area contributed by atoms with Crippen molar-refractivity contribution in [3.63, 3.8) is 0 Å². The largest absolute Gasteiger partial charge is 0.461 e. The van der Waals surface area contributed by atoms with E-state index in [1.165, 1.54) is 4.88 Å². The lowest BCUT2D eigenvalue weighted by molar-refractivity contribution is 0.0518. The number of esters is 1. The van der Waals surface area contributed by atoms with Crippen molar-refractivity contribution in [2.75, 3.05) is 6.61 Å². The number of nitrogens with zero attached hydrogens (tertiary/aromatic N) is 1. The summed E-state index contributed by atoms with van der Waals surface area (Å²) in [6.45, 7) is 8.45. The van der Waals surface area contributed by atoms with Gasteiger partial charge in [-0.3, -0.25) is 0 Å². The number of carbonyl (C=O) groups is 1. The molecular formula is C15H20N2O2S. The Morgan fingerprint density at radius 1 is 1.45 bits per heavy atom. The second kappa shape index (κ2) is 6.22. The number of hydrogen-bond donors (Lipinski definition) is 1. The average molecular weight is 292 g/mol. The number of aromatic amines is 1. The van der Waals surface area contributed by atoms with Crippen LogP contribution in [0.25, 0.3) is 10.7 Å². The number of imidazole rings is 1. The Bertz CT molecular complexity index is 599. The molecule has 0 aliphatic rings. The lowest BCUT2D eigenvalue weighted by atomic mass is 10.1. The predicted molar refractivity (Wildman–Crippen MR) is 81.1 cm³/mol. The molecule has 0 atom stereocenters. The van der Waals surface area contributed by atoms with Crippen LogP contribution in [0.15, 0.2) is 12.1 Å². The van der Waals surface area contributed by atoms with Crippen molar-refractivity contribution in [2.45, 2.75) is 34.1 Å². The Morgan fingerprint density at radius 2 is 2.20 bits per heavy atom. The zero-order chi connectivity index (χ0) is 14.7. The highest BCUT2D eigenvalue weighted by molar-refractivity contribution is 7.15. The van der Waals surface area contributed by atoms with Gasteiger partial charge in [-0.25, -0.2) is 9.78 Å². The number of nitrogens with one attached hydrogen (secondary N) is 1. The van der Waals surface area contributed by atoms with E-state index in [0.29, 0.717) is 18.2 Å². The first-order valence-corrected chi connectivity index (χ1v) is 7.65. The molecule has 0 radical (unpaired) electrons. The summed E-state index contributed by atoms with van der Waals surface area (Å²) >= 11 is 1.66. The molecule has 0 amide bonds. The third kappa shape index (κ3) is 3.28. The summed E-state index contributed by atoms with van der Waals surface area (Å²) in [6, 6.07) is 4.07. The Labute approximate surface area is 123 Å². The fourth-order valence-electron chi connectivity index (χ4n) is 2.01. The van der Waals surface area contributed by atoms with Gasteiger partial charge in [0.05, 0.1) is 17.2 Å². The molecule has 2 rings (SSSR count). The Balaban J connectivity index is 2.38. The molecule has 0 fully saturated rings. The summed E-state index contributed by atoms with van der Waals surface area (Å²) in [6.07, 6.45) is 0.783. The summed E-state index contributed by atoms with van der Waals surface area (Å²) in [5.41, 5.74) is 1.28. The van der Waals surface area contributed by atoms with E-state index >= 15 is 0 Å². The highest BCUT2D eigenvalue weighted by Gasteiger charge is 2.20. The minimum absolute atomic E-state index is 0.348. The van der Waals surface area contributed by atoms with Crippen molar-refractivity contribution in [2.24, 2.45) is 5.92 Å². The summed E-state index contributed by atoms with van der Waals surface area (Å²) in [5.74, 6) is 0.849. The first kappa shape index (κ1) is 14.8. The van der Waals surface area contributed by atoms with Crippen molar-refractivity contribution in [1.82, 2.24) is 9.97 Å². The zero-order valence-electron chi connectivity index (χ0n) is 12.3. The van der Waals surface area contributed by atoms with E-state index < -0.39 is 0 Å². The maximum absolute atomic E-state index is 12.0. The van der Waals surface area contributed by atoms with Crippen molar-refractivity contribution in [3.05, 3.63) is 28.4 Å². The topological polar surface area (TPSA) is 55.0 Å². The van der Waals surface area contributed by atoms with Crippen molar-refractivity contribution >= 4 is 17.3 Å². The quantitative estimate of drug-likeness (QED) is 0.852. The van der Waals surface area contributed by atoms with Gasteiger partial charge in [-0.15, -0.1) is 11.3 Å². The molecule has 4 nitrogen and oxygen atoms in total. The van der Waals surface area contributed by atoms with Gasteiger partial charge in [0, 0.05) is 4.88 Å². The number of hydrogen-bond acceptors (Lipinski definition) is 4. The SMILES string of the molecule is CCOC(=O)c1nc(-c2ccc(C)s2)[nH]c1CC(C)C. The molecule has 20 heavy (non-hydrogen) atoms. The molecule has 2 heterocycles. The van der Waals surface area contributed by atoms with Gasteiger partial charge >= 0.3 is 5.97 Å². The molecule has 0 saturated heterocycles. The standard InChI is InChI=1S/C15H20N2O2S/c1-5-19-15(18)13-11(8-9(2)3)16-14(17-13)12-7-6-10(4)20-12/h6-7,9H,5,8H2,1-4H3,(H,16,17). The zero-order valence-corrected chi connectivity index (χ0v) is 13.1. The van der Waals surface area contributed by atoms with Crippen LogP contribution in [0.4, 0.5) is 0 Å². The van der Waals surface area contributed by atoms with Gasteiger partial charge in [-0.1, -0.05) is 13.8 Å². The van der Waals surface area contributed by atoms with E-state index in [1.54, 1.807) is 18.3 Å². The van der Waals surface area contributed by atoms with E-state index in [9.17, 15) is 4.79 Å². The number of rotatable bonds is 5. The van der Waals surface area contributed by atoms with Crippen molar-refractivity contribution in [1.29, 1.82) is 0 Å². The highest BCUT2D eigenvalue weighted by Crippen LogP contribution is 2.27. The van der Waals surface area contributed by atoms with Crippen LogP contribution >= 0.6 is 11.3 Å².